The average molecular weight is 214 g/mol. The van der Waals surface area contributed by atoms with Crippen LogP contribution >= 0.6 is 0 Å². The second-order valence-corrected chi connectivity index (χ2v) is 2.75. The van der Waals surface area contributed by atoms with E-state index in [1.54, 1.807) is 0 Å². The van der Waals surface area contributed by atoms with E-state index < -0.39 is 18.1 Å². The lowest BCUT2D eigenvalue weighted by Crippen LogP contribution is -1.81. The minimum absolute atomic E-state index is 0.0506. The first-order chi connectivity index (χ1) is 7.16. The van der Waals surface area contributed by atoms with E-state index in [9.17, 15) is 13.2 Å². The van der Waals surface area contributed by atoms with E-state index in [0.717, 1.165) is 0 Å². The molecule has 0 aliphatic rings. The molecule has 3 nitrogen and oxygen atoms in total. The number of nitrogens with zero attached hydrogens (tertiary/aromatic N) is 2. The summed E-state index contributed by atoms with van der Waals surface area (Å²) in [6, 6.07) is 5.11. The topological polar surface area (TPSA) is 38.9 Å². The van der Waals surface area contributed by atoms with Crippen LogP contribution in [0.1, 0.15) is 12.3 Å². The van der Waals surface area contributed by atoms with Gasteiger partial charge in [0.1, 0.15) is 5.82 Å². The lowest BCUT2D eigenvalue weighted by Gasteiger charge is -1.93. The lowest BCUT2D eigenvalue weighted by atomic mass is 10.2. The van der Waals surface area contributed by atoms with Gasteiger partial charge < -0.3 is 4.42 Å². The molecule has 1 heterocycles. The summed E-state index contributed by atoms with van der Waals surface area (Å²) in [5.74, 6) is -1.22. The van der Waals surface area contributed by atoms with E-state index in [2.05, 4.69) is 14.6 Å². The zero-order chi connectivity index (χ0) is 10.8. The molecule has 1 aromatic carbocycles. The molecule has 0 amide bonds. The van der Waals surface area contributed by atoms with Crippen molar-refractivity contribution in [3.05, 3.63) is 36.0 Å². The van der Waals surface area contributed by atoms with Gasteiger partial charge in [0.2, 0.25) is 5.89 Å². The maximum Gasteiger partial charge on any atom is 0.314 e. The van der Waals surface area contributed by atoms with Gasteiger partial charge in [-0.05, 0) is 24.3 Å². The predicted octanol–water partition coefficient (Wildman–Crippen LogP) is 2.81. The van der Waals surface area contributed by atoms with Crippen molar-refractivity contribution in [3.63, 3.8) is 0 Å². The van der Waals surface area contributed by atoms with Gasteiger partial charge in [0.15, 0.2) is 0 Å². The van der Waals surface area contributed by atoms with Gasteiger partial charge >= 0.3 is 6.43 Å². The average Bonchev–Trinajstić information content (AvgIpc) is 2.68. The van der Waals surface area contributed by atoms with Crippen molar-refractivity contribution in [2.24, 2.45) is 0 Å². The fraction of sp³-hybridized carbons (Fsp3) is 0.111. The maximum atomic E-state index is 12.5. The van der Waals surface area contributed by atoms with Crippen LogP contribution < -0.4 is 0 Å². The standard InChI is InChI=1S/C9H5F3N2O/c10-6-3-1-5(2-4-6)8-13-14-9(15-8)7(11)12/h1-4,7H. The van der Waals surface area contributed by atoms with Crippen molar-refractivity contribution >= 4 is 0 Å². The molecular formula is C9H5F3N2O. The van der Waals surface area contributed by atoms with Crippen molar-refractivity contribution < 1.29 is 17.6 Å². The minimum Gasteiger partial charge on any atom is -0.415 e. The number of halogens is 3. The van der Waals surface area contributed by atoms with E-state index in [1.165, 1.54) is 24.3 Å². The Labute approximate surface area is 82.6 Å². The molecule has 0 fully saturated rings. The number of alkyl halides is 2. The molecule has 0 atom stereocenters. The minimum atomic E-state index is -2.80. The molecule has 0 spiro atoms. The van der Waals surface area contributed by atoms with Crippen LogP contribution in [0.2, 0.25) is 0 Å². The fourth-order valence-corrected chi connectivity index (χ4v) is 1.03. The van der Waals surface area contributed by atoms with E-state index in [4.69, 9.17) is 0 Å². The molecule has 78 valence electrons. The second kappa shape index (κ2) is 3.72. The van der Waals surface area contributed by atoms with Gasteiger partial charge in [-0.1, -0.05) is 0 Å². The summed E-state index contributed by atoms with van der Waals surface area (Å²) >= 11 is 0. The van der Waals surface area contributed by atoms with Crippen LogP contribution in [-0.4, -0.2) is 10.2 Å². The van der Waals surface area contributed by atoms with Crippen LogP contribution in [0, 0.1) is 5.82 Å². The normalized spacial score (nSPS) is 10.9. The second-order valence-electron chi connectivity index (χ2n) is 2.75. The molecule has 15 heavy (non-hydrogen) atoms. The maximum absolute atomic E-state index is 12.5. The predicted molar refractivity (Wildman–Crippen MR) is 44.6 cm³/mol. The first-order valence-corrected chi connectivity index (χ1v) is 4.04. The lowest BCUT2D eigenvalue weighted by molar-refractivity contribution is 0.116. The smallest absolute Gasteiger partial charge is 0.314 e. The SMILES string of the molecule is Fc1ccc(-c2nnc(C(F)F)o2)cc1. The molecule has 0 saturated carbocycles. The number of benzene rings is 1. The van der Waals surface area contributed by atoms with Gasteiger partial charge in [-0.15, -0.1) is 10.2 Å². The van der Waals surface area contributed by atoms with E-state index in [1.807, 2.05) is 0 Å². The van der Waals surface area contributed by atoms with Crippen LogP contribution in [0.15, 0.2) is 28.7 Å². The number of rotatable bonds is 2. The Morgan fingerprint density at radius 3 is 2.27 bits per heavy atom. The van der Waals surface area contributed by atoms with E-state index >= 15 is 0 Å². The molecule has 2 rings (SSSR count). The molecule has 0 aliphatic heterocycles. The van der Waals surface area contributed by atoms with Crippen molar-refractivity contribution in [1.29, 1.82) is 0 Å². The number of aromatic nitrogens is 2. The summed E-state index contributed by atoms with van der Waals surface area (Å²) in [5, 5.41) is 6.57. The molecule has 0 N–H and O–H groups in total. The molecular weight excluding hydrogens is 209 g/mol. The number of hydrogen-bond acceptors (Lipinski definition) is 3. The van der Waals surface area contributed by atoms with Crippen LogP contribution in [0.3, 0.4) is 0 Å². The first kappa shape index (κ1) is 9.70. The molecule has 0 saturated heterocycles. The Morgan fingerprint density at radius 1 is 1.07 bits per heavy atom. The van der Waals surface area contributed by atoms with Crippen LogP contribution in [0.25, 0.3) is 11.5 Å². The van der Waals surface area contributed by atoms with Gasteiger partial charge in [-0.2, -0.15) is 8.78 Å². The summed E-state index contributed by atoms with van der Waals surface area (Å²) in [6.07, 6.45) is -2.80. The van der Waals surface area contributed by atoms with E-state index in [-0.39, 0.29) is 5.89 Å². The third-order valence-corrected chi connectivity index (χ3v) is 1.72. The van der Waals surface area contributed by atoms with Crippen molar-refractivity contribution in [2.75, 3.05) is 0 Å². The van der Waals surface area contributed by atoms with Gasteiger partial charge in [0, 0.05) is 5.56 Å². The summed E-state index contributed by atoms with van der Waals surface area (Å²) in [6.45, 7) is 0. The Balaban J connectivity index is 2.33. The first-order valence-electron chi connectivity index (χ1n) is 4.04. The molecule has 0 unspecified atom stereocenters. The van der Waals surface area contributed by atoms with Crippen LogP contribution in [-0.2, 0) is 0 Å². The molecule has 2 aromatic rings. The molecule has 6 heteroatoms. The molecule has 1 aromatic heterocycles. The van der Waals surface area contributed by atoms with Gasteiger partial charge in [0.25, 0.3) is 5.89 Å². The molecule has 0 aliphatic carbocycles. The largest absolute Gasteiger partial charge is 0.415 e. The van der Waals surface area contributed by atoms with Gasteiger partial charge in [0.05, 0.1) is 0 Å². The van der Waals surface area contributed by atoms with Gasteiger partial charge in [-0.25, -0.2) is 4.39 Å². The summed E-state index contributed by atoms with van der Waals surface area (Å²) in [4.78, 5) is 0. The number of hydrogen-bond donors (Lipinski definition) is 0. The Bertz CT molecular complexity index is 453. The fourth-order valence-electron chi connectivity index (χ4n) is 1.03. The highest BCUT2D eigenvalue weighted by Crippen LogP contribution is 2.22. The van der Waals surface area contributed by atoms with Gasteiger partial charge in [-0.3, -0.25) is 0 Å². The zero-order valence-corrected chi connectivity index (χ0v) is 7.32. The quantitative estimate of drug-likeness (QED) is 0.771. The Kier molecular flexibility index (Phi) is 2.40. The monoisotopic (exact) mass is 214 g/mol. The van der Waals surface area contributed by atoms with Crippen molar-refractivity contribution in [2.45, 2.75) is 6.43 Å². The highest BCUT2D eigenvalue weighted by atomic mass is 19.3. The zero-order valence-electron chi connectivity index (χ0n) is 7.32. The third-order valence-electron chi connectivity index (χ3n) is 1.72. The summed E-state index contributed by atoms with van der Waals surface area (Å²) < 4.78 is 41.4. The van der Waals surface area contributed by atoms with E-state index in [0.29, 0.717) is 5.56 Å². The Hall–Kier alpha value is -1.85. The summed E-state index contributed by atoms with van der Waals surface area (Å²) in [5.41, 5.74) is 0.399. The molecule has 0 radical (unpaired) electrons. The third kappa shape index (κ3) is 1.98. The Morgan fingerprint density at radius 2 is 1.73 bits per heavy atom. The highest BCUT2D eigenvalue weighted by molar-refractivity contribution is 5.51. The summed E-state index contributed by atoms with van der Waals surface area (Å²) in [7, 11) is 0. The van der Waals surface area contributed by atoms with Crippen molar-refractivity contribution in [1.82, 2.24) is 10.2 Å². The van der Waals surface area contributed by atoms with Crippen LogP contribution in [0.5, 0.6) is 0 Å². The van der Waals surface area contributed by atoms with Crippen LogP contribution in [0.4, 0.5) is 13.2 Å². The molecule has 0 bridgehead atoms. The van der Waals surface area contributed by atoms with Crippen molar-refractivity contribution in [3.8, 4) is 11.5 Å². The highest BCUT2D eigenvalue weighted by Gasteiger charge is 2.16.